The summed E-state index contributed by atoms with van der Waals surface area (Å²) < 4.78 is 56.8. The number of aromatic amines is 1. The van der Waals surface area contributed by atoms with Crippen LogP contribution < -0.4 is 15.8 Å². The summed E-state index contributed by atoms with van der Waals surface area (Å²) in [6.45, 7) is 1.71. The van der Waals surface area contributed by atoms with Crippen LogP contribution in [0.1, 0.15) is 16.2 Å². The molecule has 0 unspecified atom stereocenters. The number of nitrogens with two attached hydrogens (primary N) is 1. The quantitative estimate of drug-likeness (QED) is 0.202. The predicted molar refractivity (Wildman–Crippen MR) is 110 cm³/mol. The zero-order valence-electron chi connectivity index (χ0n) is 16.5. The van der Waals surface area contributed by atoms with Crippen molar-refractivity contribution in [3.8, 4) is 17.1 Å². The van der Waals surface area contributed by atoms with E-state index in [1.165, 1.54) is 0 Å². The second-order valence-corrected chi connectivity index (χ2v) is 8.54. The molecule has 0 aliphatic heterocycles. The molecule has 2 rings (SSSR count). The van der Waals surface area contributed by atoms with Crippen LogP contribution in [0.4, 0.5) is 0 Å². The number of nitrogens with zero attached hydrogens (tertiary/aromatic N) is 1. The number of methoxy groups -OCH3 is 1. The fourth-order valence-electron chi connectivity index (χ4n) is 1.75. The van der Waals surface area contributed by atoms with Gasteiger partial charge in [-0.15, -0.1) is 0 Å². The van der Waals surface area contributed by atoms with Crippen molar-refractivity contribution in [2.45, 2.75) is 6.92 Å². The number of aryl methyl sites for hydroxylation is 1. The Labute approximate surface area is 173 Å². The van der Waals surface area contributed by atoms with Crippen LogP contribution in [0.2, 0.25) is 0 Å². The molecule has 7 N–H and O–H groups in total. The Morgan fingerprint density at radius 2 is 1.57 bits per heavy atom. The predicted octanol–water partition coefficient (Wildman–Crippen LogP) is 0.0250. The average Bonchev–Trinajstić information content (AvgIpc) is 2.93. The maximum Gasteiger partial charge on any atom is 0.276 e. The van der Waals surface area contributed by atoms with Crippen LogP contribution in [0.3, 0.4) is 0 Å². The number of ether oxygens (including phenoxy) is 1. The molecule has 0 aliphatic rings. The molecule has 0 radical (unpaired) electrons. The van der Waals surface area contributed by atoms with E-state index in [1.54, 1.807) is 14.0 Å². The molecule has 168 valence electrons. The van der Waals surface area contributed by atoms with Crippen LogP contribution in [0.25, 0.3) is 11.4 Å². The van der Waals surface area contributed by atoms with E-state index in [4.69, 9.17) is 25.0 Å². The van der Waals surface area contributed by atoms with Crippen molar-refractivity contribution < 1.29 is 35.5 Å². The molecule has 1 heterocycles. The van der Waals surface area contributed by atoms with Crippen LogP contribution in [0.15, 0.2) is 24.3 Å². The van der Waals surface area contributed by atoms with E-state index in [0.717, 1.165) is 11.3 Å². The number of benzene rings is 1. The Hall–Kier alpha value is -3.01. The smallest absolute Gasteiger partial charge is 0.276 e. The van der Waals surface area contributed by atoms with Gasteiger partial charge in [-0.25, -0.2) is 4.98 Å². The van der Waals surface area contributed by atoms with Gasteiger partial charge in [-0.3, -0.25) is 24.6 Å². The number of guanidine groups is 1. The number of H-pyrrole nitrogens is 1. The van der Waals surface area contributed by atoms with Gasteiger partial charge in [0.15, 0.2) is 5.96 Å². The summed E-state index contributed by atoms with van der Waals surface area (Å²) in [4.78, 5) is 19.0. The Morgan fingerprint density at radius 1 is 1.13 bits per heavy atom. The van der Waals surface area contributed by atoms with Gasteiger partial charge in [0.05, 0.1) is 25.3 Å². The van der Waals surface area contributed by atoms with Crippen molar-refractivity contribution in [1.82, 2.24) is 15.3 Å². The molecule has 1 aromatic carbocycles. The summed E-state index contributed by atoms with van der Waals surface area (Å²) in [6, 6.07) is 7.29. The van der Waals surface area contributed by atoms with Gasteiger partial charge in [-0.2, -0.15) is 16.8 Å². The molecule has 0 saturated heterocycles. The van der Waals surface area contributed by atoms with Gasteiger partial charge in [-0.05, 0) is 31.2 Å². The Balaban J connectivity index is 0.000000702. The van der Waals surface area contributed by atoms with Gasteiger partial charge in [0.2, 0.25) is 0 Å². The van der Waals surface area contributed by atoms with Crippen molar-refractivity contribution in [3.05, 3.63) is 35.7 Å². The zero-order chi connectivity index (χ0) is 23.7. The van der Waals surface area contributed by atoms with Gasteiger partial charge in [0.25, 0.3) is 26.1 Å². The van der Waals surface area contributed by atoms with Gasteiger partial charge >= 0.3 is 0 Å². The molecule has 0 atom stereocenters. The number of carbonyl (C=O) groups excluding carboxylic acids is 1. The minimum absolute atomic E-state index is 0.283. The SMILES string of the molecule is COc1ccc(-c2nc(C)c(C(=O)NC(=N)N)[nH]2)cc1.CS(=O)(=O)O.CS(=O)(=O)O. The summed E-state index contributed by atoms with van der Waals surface area (Å²) in [5.41, 5.74) is 6.78. The number of rotatable bonds is 3. The molecule has 0 saturated carbocycles. The molecular weight excluding hydrogens is 442 g/mol. The van der Waals surface area contributed by atoms with Crippen LogP contribution in [-0.4, -0.2) is 67.4 Å². The molecule has 0 bridgehead atoms. The molecule has 0 aliphatic carbocycles. The maximum atomic E-state index is 11.8. The van der Waals surface area contributed by atoms with Crippen molar-refractivity contribution in [1.29, 1.82) is 5.41 Å². The summed E-state index contributed by atoms with van der Waals surface area (Å²) in [6.07, 6.45) is 1.43. The third-order valence-corrected chi connectivity index (χ3v) is 2.72. The van der Waals surface area contributed by atoms with Gasteiger partial charge in [0, 0.05) is 5.56 Å². The Kier molecular flexibility index (Phi) is 10.1. The number of amides is 1. The lowest BCUT2D eigenvalue weighted by molar-refractivity contribution is 0.0971. The molecule has 0 spiro atoms. The van der Waals surface area contributed by atoms with E-state index in [0.29, 0.717) is 24.0 Å². The van der Waals surface area contributed by atoms with Crippen LogP contribution >= 0.6 is 0 Å². The zero-order valence-corrected chi connectivity index (χ0v) is 18.1. The van der Waals surface area contributed by atoms with E-state index in [2.05, 4.69) is 15.3 Å². The number of aromatic nitrogens is 2. The summed E-state index contributed by atoms with van der Waals surface area (Å²) in [7, 11) is -5.74. The lowest BCUT2D eigenvalue weighted by atomic mass is 10.2. The minimum Gasteiger partial charge on any atom is -0.497 e. The van der Waals surface area contributed by atoms with Crippen molar-refractivity contribution in [2.24, 2.45) is 5.73 Å². The summed E-state index contributed by atoms with van der Waals surface area (Å²) >= 11 is 0. The van der Waals surface area contributed by atoms with E-state index >= 15 is 0 Å². The van der Waals surface area contributed by atoms with Crippen molar-refractivity contribution in [3.63, 3.8) is 0 Å². The molecular formula is C15H23N5O8S2. The monoisotopic (exact) mass is 465 g/mol. The molecule has 1 amide bonds. The van der Waals surface area contributed by atoms with Crippen LogP contribution in [0.5, 0.6) is 5.75 Å². The first-order chi connectivity index (χ1) is 13.5. The van der Waals surface area contributed by atoms with E-state index in [1.807, 2.05) is 24.3 Å². The Morgan fingerprint density at radius 3 is 1.93 bits per heavy atom. The van der Waals surface area contributed by atoms with Crippen LogP contribution in [-0.2, 0) is 20.2 Å². The van der Waals surface area contributed by atoms with E-state index in [9.17, 15) is 21.6 Å². The number of hydrogen-bond acceptors (Lipinski definition) is 8. The Bertz CT molecular complexity index is 1030. The maximum absolute atomic E-state index is 11.8. The summed E-state index contributed by atoms with van der Waals surface area (Å²) in [5, 5.41) is 9.27. The van der Waals surface area contributed by atoms with E-state index in [-0.39, 0.29) is 5.69 Å². The fraction of sp³-hybridized carbons (Fsp3) is 0.267. The number of nitrogens with one attached hydrogen (secondary N) is 3. The first-order valence-electron chi connectivity index (χ1n) is 7.72. The van der Waals surface area contributed by atoms with Crippen molar-refractivity contribution >= 4 is 32.1 Å². The largest absolute Gasteiger partial charge is 0.497 e. The number of hydrogen-bond donors (Lipinski definition) is 6. The first kappa shape index (κ1) is 27.0. The molecule has 13 nitrogen and oxygen atoms in total. The highest BCUT2D eigenvalue weighted by molar-refractivity contribution is 7.85. The molecule has 2 aromatic rings. The topological polar surface area (TPSA) is 226 Å². The molecule has 1 aromatic heterocycles. The highest BCUT2D eigenvalue weighted by Crippen LogP contribution is 2.21. The van der Waals surface area contributed by atoms with Gasteiger partial charge in [-0.1, -0.05) is 0 Å². The first-order valence-corrected chi connectivity index (χ1v) is 11.4. The molecule has 30 heavy (non-hydrogen) atoms. The third-order valence-electron chi connectivity index (χ3n) is 2.72. The minimum atomic E-state index is -3.67. The standard InChI is InChI=1S/C13H15N5O2.2CH4O3S/c1-7-10(12(19)18-13(14)15)17-11(16-7)8-3-5-9(20-2)6-4-8;2*1-5(2,3)4/h3-6H,1-2H3,(H,16,17)(H4,14,15,18,19);2*1H3,(H,2,3,4). The van der Waals surface area contributed by atoms with Gasteiger partial charge < -0.3 is 15.5 Å². The molecule has 15 heteroatoms. The second-order valence-electron chi connectivity index (χ2n) is 5.61. The molecule has 0 fully saturated rings. The normalized spacial score (nSPS) is 10.6. The lowest BCUT2D eigenvalue weighted by Crippen LogP contribution is -2.36. The highest BCUT2D eigenvalue weighted by Gasteiger charge is 2.15. The average molecular weight is 466 g/mol. The van der Waals surface area contributed by atoms with Gasteiger partial charge in [0.1, 0.15) is 17.3 Å². The number of imidazole rings is 1. The van der Waals surface area contributed by atoms with E-state index < -0.39 is 32.1 Å². The summed E-state index contributed by atoms with van der Waals surface area (Å²) in [5.74, 6) is 0.419. The third kappa shape index (κ3) is 13.2. The highest BCUT2D eigenvalue weighted by atomic mass is 32.2. The number of carbonyl (C=O) groups is 1. The van der Waals surface area contributed by atoms with Crippen molar-refractivity contribution in [2.75, 3.05) is 19.6 Å². The lowest BCUT2D eigenvalue weighted by Gasteiger charge is -2.01. The van der Waals surface area contributed by atoms with Crippen LogP contribution in [0, 0.1) is 12.3 Å². The second kappa shape index (κ2) is 11.2. The fourth-order valence-corrected chi connectivity index (χ4v) is 1.75.